The molecule has 1 heterocycles. The van der Waals surface area contributed by atoms with Crippen LogP contribution < -0.4 is 5.32 Å². The van der Waals surface area contributed by atoms with Crippen molar-refractivity contribution < 1.29 is 24.0 Å². The lowest BCUT2D eigenvalue weighted by atomic mass is 9.96. The maximum atomic E-state index is 12.5. The second kappa shape index (κ2) is 9.87. The molecule has 182 valence electrons. The van der Waals surface area contributed by atoms with Crippen LogP contribution in [0.25, 0.3) is 22.4 Å². The Morgan fingerprint density at radius 2 is 1.81 bits per heavy atom. The predicted octanol–water partition coefficient (Wildman–Crippen LogP) is 7.09. The minimum Gasteiger partial charge on any atom is -0.481 e. The standard InChI is InChI=1S/C28H23ClN2O5/c1-16(21-4-2-3-5-24(21)29)36-28(34)30-25-15-35-31-26(25)18-8-6-17(7-9-18)19-10-12-22-20(14-19)11-13-23(22)27(32)33/h2-10,12,14-16,23H,11,13H2,1H3,(H,30,34)(H,32,33). The van der Waals surface area contributed by atoms with E-state index in [1.54, 1.807) is 19.1 Å². The number of aryl methyl sites for hydroxylation is 1. The molecule has 1 aliphatic carbocycles. The fourth-order valence-corrected chi connectivity index (χ4v) is 4.87. The van der Waals surface area contributed by atoms with E-state index >= 15 is 0 Å². The number of benzene rings is 3. The van der Waals surface area contributed by atoms with Crippen molar-refractivity contribution in [3.8, 4) is 22.4 Å². The summed E-state index contributed by atoms with van der Waals surface area (Å²) in [4.78, 5) is 23.9. The number of nitrogens with one attached hydrogen (secondary N) is 1. The Morgan fingerprint density at radius 3 is 2.56 bits per heavy atom. The molecule has 0 saturated carbocycles. The molecule has 0 bridgehead atoms. The summed E-state index contributed by atoms with van der Waals surface area (Å²) < 4.78 is 10.6. The predicted molar refractivity (Wildman–Crippen MR) is 136 cm³/mol. The van der Waals surface area contributed by atoms with Gasteiger partial charge in [-0.05, 0) is 48.1 Å². The Labute approximate surface area is 212 Å². The number of rotatable bonds is 6. The zero-order valence-corrected chi connectivity index (χ0v) is 20.2. The maximum Gasteiger partial charge on any atom is 0.412 e. The zero-order chi connectivity index (χ0) is 25.2. The van der Waals surface area contributed by atoms with Gasteiger partial charge >= 0.3 is 12.1 Å². The van der Waals surface area contributed by atoms with Gasteiger partial charge in [0, 0.05) is 16.1 Å². The number of carbonyl (C=O) groups is 2. The Bertz CT molecular complexity index is 1430. The van der Waals surface area contributed by atoms with Crippen LogP contribution in [0, 0.1) is 0 Å². The summed E-state index contributed by atoms with van der Waals surface area (Å²) >= 11 is 6.19. The van der Waals surface area contributed by atoms with E-state index in [2.05, 4.69) is 16.5 Å². The molecule has 1 aromatic heterocycles. The number of nitrogens with zero attached hydrogens (tertiary/aromatic N) is 1. The van der Waals surface area contributed by atoms with Gasteiger partial charge in [-0.15, -0.1) is 0 Å². The average Bonchev–Trinajstić information content (AvgIpc) is 3.51. The fraction of sp³-hybridized carbons (Fsp3) is 0.179. The van der Waals surface area contributed by atoms with E-state index in [0.717, 1.165) is 34.2 Å². The third-order valence-electron chi connectivity index (χ3n) is 6.44. The Hall–Kier alpha value is -4.10. The molecule has 5 rings (SSSR count). The molecule has 36 heavy (non-hydrogen) atoms. The van der Waals surface area contributed by atoms with Gasteiger partial charge in [-0.25, -0.2) is 4.79 Å². The molecule has 0 saturated heterocycles. The first-order chi connectivity index (χ1) is 17.4. The zero-order valence-electron chi connectivity index (χ0n) is 19.4. The number of carboxylic acid groups (broad SMARTS) is 1. The van der Waals surface area contributed by atoms with Crippen molar-refractivity contribution in [2.24, 2.45) is 0 Å². The highest BCUT2D eigenvalue weighted by atomic mass is 35.5. The topological polar surface area (TPSA) is 102 Å². The molecule has 0 aliphatic heterocycles. The lowest BCUT2D eigenvalue weighted by Crippen LogP contribution is -2.16. The van der Waals surface area contributed by atoms with Crippen molar-refractivity contribution in [1.29, 1.82) is 0 Å². The summed E-state index contributed by atoms with van der Waals surface area (Å²) in [5.74, 6) is -1.20. The average molecular weight is 503 g/mol. The van der Waals surface area contributed by atoms with Crippen LogP contribution in [0.3, 0.4) is 0 Å². The number of hydrogen-bond donors (Lipinski definition) is 2. The van der Waals surface area contributed by atoms with Gasteiger partial charge in [-0.3, -0.25) is 10.1 Å². The molecule has 2 atom stereocenters. The van der Waals surface area contributed by atoms with Gasteiger partial charge in [0.15, 0.2) is 0 Å². The van der Waals surface area contributed by atoms with E-state index < -0.39 is 24.1 Å². The monoisotopic (exact) mass is 502 g/mol. The maximum absolute atomic E-state index is 12.5. The quantitative estimate of drug-likeness (QED) is 0.292. The van der Waals surface area contributed by atoms with Crippen molar-refractivity contribution in [2.75, 3.05) is 5.32 Å². The minimum absolute atomic E-state index is 0.386. The molecule has 2 N–H and O–H groups in total. The first-order valence-electron chi connectivity index (χ1n) is 11.5. The molecular formula is C28H23ClN2O5. The molecule has 2 unspecified atom stereocenters. The summed E-state index contributed by atoms with van der Waals surface area (Å²) in [5.41, 5.74) is 6.31. The Morgan fingerprint density at radius 1 is 1.08 bits per heavy atom. The van der Waals surface area contributed by atoms with E-state index in [9.17, 15) is 14.7 Å². The van der Waals surface area contributed by atoms with Gasteiger partial charge < -0.3 is 14.4 Å². The van der Waals surface area contributed by atoms with Gasteiger partial charge in [0.25, 0.3) is 0 Å². The second-order valence-electron chi connectivity index (χ2n) is 8.69. The summed E-state index contributed by atoms with van der Waals surface area (Å²) in [6.45, 7) is 1.74. The van der Waals surface area contributed by atoms with Crippen LogP contribution >= 0.6 is 11.6 Å². The first-order valence-corrected chi connectivity index (χ1v) is 11.9. The molecule has 4 aromatic rings. The second-order valence-corrected chi connectivity index (χ2v) is 9.10. The van der Waals surface area contributed by atoms with Gasteiger partial charge in [0.05, 0.1) is 5.92 Å². The molecule has 3 aromatic carbocycles. The van der Waals surface area contributed by atoms with Crippen molar-refractivity contribution in [1.82, 2.24) is 5.16 Å². The van der Waals surface area contributed by atoms with Crippen molar-refractivity contribution in [3.05, 3.63) is 94.7 Å². The Balaban J connectivity index is 1.29. The van der Waals surface area contributed by atoms with Crippen LogP contribution in [0.5, 0.6) is 0 Å². The molecule has 1 amide bonds. The molecule has 0 radical (unpaired) electrons. The van der Waals surface area contributed by atoms with Crippen LogP contribution in [0.1, 0.15) is 42.1 Å². The lowest BCUT2D eigenvalue weighted by molar-refractivity contribution is -0.138. The first kappa shape index (κ1) is 23.6. The van der Waals surface area contributed by atoms with Crippen LogP contribution in [-0.4, -0.2) is 22.3 Å². The van der Waals surface area contributed by atoms with E-state index in [1.165, 1.54) is 6.26 Å². The molecular weight excluding hydrogens is 480 g/mol. The third-order valence-corrected chi connectivity index (χ3v) is 6.79. The smallest absolute Gasteiger partial charge is 0.412 e. The van der Waals surface area contributed by atoms with Gasteiger partial charge in [0.2, 0.25) is 0 Å². The molecule has 0 fully saturated rings. The summed E-state index contributed by atoms with van der Waals surface area (Å²) in [5, 5.41) is 16.7. The number of ether oxygens (including phenoxy) is 1. The molecule has 1 aliphatic rings. The number of amides is 1. The number of hydrogen-bond acceptors (Lipinski definition) is 5. The minimum atomic E-state index is -0.773. The van der Waals surface area contributed by atoms with Gasteiger partial charge in [0.1, 0.15) is 23.7 Å². The number of fused-ring (bicyclic) bond motifs is 1. The summed E-state index contributed by atoms with van der Waals surface area (Å²) in [7, 11) is 0. The van der Waals surface area contributed by atoms with Crippen LogP contribution in [0.2, 0.25) is 5.02 Å². The van der Waals surface area contributed by atoms with Gasteiger partial charge in [-0.2, -0.15) is 0 Å². The SMILES string of the molecule is CC(OC(=O)Nc1conc1-c1ccc(-c2ccc3c(c2)CCC3C(=O)O)cc1)c1ccccc1Cl. The largest absolute Gasteiger partial charge is 0.481 e. The summed E-state index contributed by atoms with van der Waals surface area (Å²) in [6, 6.07) is 20.8. The number of carbonyl (C=O) groups excluding carboxylic acids is 1. The van der Waals surface area contributed by atoms with E-state index in [-0.39, 0.29) is 0 Å². The highest BCUT2D eigenvalue weighted by Gasteiger charge is 2.28. The van der Waals surface area contributed by atoms with Crippen LogP contribution in [-0.2, 0) is 16.0 Å². The normalized spacial score (nSPS) is 15.2. The number of aromatic nitrogens is 1. The van der Waals surface area contributed by atoms with Crippen molar-refractivity contribution in [2.45, 2.75) is 31.8 Å². The van der Waals surface area contributed by atoms with Crippen LogP contribution in [0.4, 0.5) is 10.5 Å². The number of carboxylic acids is 1. The number of anilines is 1. The highest BCUT2D eigenvalue weighted by Crippen LogP contribution is 2.36. The van der Waals surface area contributed by atoms with Crippen molar-refractivity contribution in [3.63, 3.8) is 0 Å². The lowest BCUT2D eigenvalue weighted by Gasteiger charge is -2.15. The fourth-order valence-electron chi connectivity index (χ4n) is 4.58. The third kappa shape index (κ3) is 4.70. The van der Waals surface area contributed by atoms with E-state index in [0.29, 0.717) is 28.4 Å². The van der Waals surface area contributed by atoms with E-state index in [4.69, 9.17) is 20.9 Å². The molecule has 8 heteroatoms. The highest BCUT2D eigenvalue weighted by molar-refractivity contribution is 6.31. The van der Waals surface area contributed by atoms with Crippen LogP contribution in [0.15, 0.2) is 77.5 Å². The van der Waals surface area contributed by atoms with Crippen molar-refractivity contribution >= 4 is 29.4 Å². The number of aliphatic carboxylic acids is 1. The number of halogens is 1. The summed E-state index contributed by atoms with van der Waals surface area (Å²) in [6.07, 6.45) is 1.55. The molecule has 7 nitrogen and oxygen atoms in total. The Kier molecular flexibility index (Phi) is 6.48. The van der Waals surface area contributed by atoms with E-state index in [1.807, 2.05) is 48.5 Å². The van der Waals surface area contributed by atoms with Gasteiger partial charge in [-0.1, -0.05) is 77.4 Å². The molecule has 0 spiro atoms.